The Kier molecular flexibility index (Phi) is 7.45. The van der Waals surface area contributed by atoms with Gasteiger partial charge in [0.1, 0.15) is 24.0 Å². The molecule has 0 N–H and O–H groups in total. The summed E-state index contributed by atoms with van der Waals surface area (Å²) in [6.07, 6.45) is 7.57. The molecule has 0 atom stereocenters. The molecule has 0 amide bonds. The molecule has 2 heterocycles. The van der Waals surface area contributed by atoms with Crippen LogP contribution in [0.2, 0.25) is 0 Å². The molecule has 4 nitrogen and oxygen atoms in total. The summed E-state index contributed by atoms with van der Waals surface area (Å²) in [5.41, 5.74) is 3.07. The topological polar surface area (TPSA) is 36.3 Å². The molecule has 2 aromatic carbocycles. The van der Waals surface area contributed by atoms with Gasteiger partial charge < -0.3 is 14.0 Å². The lowest BCUT2D eigenvalue weighted by molar-refractivity contribution is 0.0768. The highest BCUT2D eigenvalue weighted by atomic mass is 35.5. The summed E-state index contributed by atoms with van der Waals surface area (Å²) >= 11 is 1.77. The van der Waals surface area contributed by atoms with Crippen LogP contribution in [0, 0.1) is 12.7 Å². The molecule has 1 saturated heterocycles. The van der Waals surface area contributed by atoms with Gasteiger partial charge in [-0.2, -0.15) is 11.8 Å². The Hall–Kier alpha value is -2.02. The van der Waals surface area contributed by atoms with Gasteiger partial charge in [0.2, 0.25) is 0 Å². The Morgan fingerprint density at radius 1 is 1.17 bits per heavy atom. The molecule has 3 aromatic rings. The number of nitrogens with zero attached hydrogens (tertiary/aromatic N) is 2. The summed E-state index contributed by atoms with van der Waals surface area (Å²) in [6.45, 7) is 3.77. The largest absolute Gasteiger partial charge is 0.489 e. The van der Waals surface area contributed by atoms with Gasteiger partial charge in [0, 0.05) is 42.1 Å². The maximum Gasteiger partial charge on any atom is 0.127 e. The van der Waals surface area contributed by atoms with Crippen LogP contribution in [0.4, 0.5) is 4.39 Å². The van der Waals surface area contributed by atoms with Crippen LogP contribution >= 0.6 is 24.2 Å². The van der Waals surface area contributed by atoms with Crippen molar-refractivity contribution in [2.24, 2.45) is 0 Å². The van der Waals surface area contributed by atoms with E-state index in [1.165, 1.54) is 6.07 Å². The number of aromatic nitrogens is 2. The van der Waals surface area contributed by atoms with Crippen LogP contribution in [-0.2, 0) is 16.1 Å². The van der Waals surface area contributed by atoms with Gasteiger partial charge in [-0.25, -0.2) is 9.37 Å². The number of halogens is 2. The molecule has 1 fully saturated rings. The van der Waals surface area contributed by atoms with Crippen LogP contribution < -0.4 is 4.74 Å². The third-order valence-electron chi connectivity index (χ3n) is 5.53. The minimum atomic E-state index is -0.261. The Balaban J connectivity index is 0.00000256. The second-order valence-corrected chi connectivity index (χ2v) is 8.48. The number of ether oxygens (including phenoxy) is 2. The third kappa shape index (κ3) is 4.82. The van der Waals surface area contributed by atoms with Crippen molar-refractivity contribution in [3.05, 3.63) is 77.6 Å². The highest BCUT2D eigenvalue weighted by Crippen LogP contribution is 2.44. The van der Waals surface area contributed by atoms with E-state index >= 15 is 0 Å². The van der Waals surface area contributed by atoms with Gasteiger partial charge in [0.05, 0.1) is 0 Å². The van der Waals surface area contributed by atoms with Crippen molar-refractivity contribution in [3.8, 4) is 11.4 Å². The Labute approximate surface area is 187 Å². The van der Waals surface area contributed by atoms with E-state index in [2.05, 4.69) is 11.2 Å². The molecule has 1 aromatic heterocycles. The summed E-state index contributed by atoms with van der Waals surface area (Å²) in [6, 6.07) is 13.2. The fourth-order valence-corrected chi connectivity index (χ4v) is 4.72. The monoisotopic (exact) mass is 448 g/mol. The molecule has 1 aliphatic rings. The lowest BCUT2D eigenvalue weighted by Crippen LogP contribution is -2.30. The molecule has 0 bridgehead atoms. The van der Waals surface area contributed by atoms with Crippen molar-refractivity contribution in [1.82, 2.24) is 9.55 Å². The number of imidazole rings is 1. The van der Waals surface area contributed by atoms with Crippen LogP contribution in [-0.4, -0.2) is 29.0 Å². The van der Waals surface area contributed by atoms with Gasteiger partial charge in [-0.05, 0) is 61.4 Å². The zero-order valence-electron chi connectivity index (χ0n) is 17.1. The second kappa shape index (κ2) is 9.86. The van der Waals surface area contributed by atoms with Gasteiger partial charge in [0.25, 0.3) is 0 Å². The molecule has 160 valence electrons. The number of hydrogen-bond acceptors (Lipinski definition) is 4. The average molecular weight is 449 g/mol. The Bertz CT molecular complexity index is 972. The van der Waals surface area contributed by atoms with Gasteiger partial charge in [-0.15, -0.1) is 12.4 Å². The maximum atomic E-state index is 14.3. The normalized spacial score (nSPS) is 15.4. The summed E-state index contributed by atoms with van der Waals surface area (Å²) in [7, 11) is 0. The summed E-state index contributed by atoms with van der Waals surface area (Å²) in [5.74, 6) is 1.25. The van der Waals surface area contributed by atoms with Crippen molar-refractivity contribution in [2.45, 2.75) is 31.1 Å². The fraction of sp³-hybridized carbons (Fsp3) is 0.348. The zero-order valence-corrected chi connectivity index (χ0v) is 18.8. The minimum absolute atomic E-state index is 0. The molecule has 7 heteroatoms. The Morgan fingerprint density at radius 3 is 2.53 bits per heavy atom. The molecule has 0 saturated carbocycles. The second-order valence-electron chi connectivity index (χ2n) is 7.29. The fourth-order valence-electron chi connectivity index (χ4n) is 3.79. The van der Waals surface area contributed by atoms with Crippen LogP contribution in [0.1, 0.15) is 29.8 Å². The van der Waals surface area contributed by atoms with Crippen LogP contribution in [0.15, 0.2) is 54.9 Å². The lowest BCUT2D eigenvalue weighted by Gasteiger charge is -2.36. The molecular formula is C23H26ClFN2O2S. The van der Waals surface area contributed by atoms with Crippen molar-refractivity contribution in [3.63, 3.8) is 0 Å². The molecule has 30 heavy (non-hydrogen) atoms. The van der Waals surface area contributed by atoms with E-state index in [0.29, 0.717) is 25.6 Å². The zero-order chi connectivity index (χ0) is 20.3. The average Bonchev–Trinajstić information content (AvgIpc) is 3.18. The molecular weight excluding hydrogens is 423 g/mol. The summed E-state index contributed by atoms with van der Waals surface area (Å²) in [5, 5.41) is 0. The number of hydrogen-bond donors (Lipinski definition) is 0. The highest BCUT2D eigenvalue weighted by molar-refractivity contribution is 7.99. The minimum Gasteiger partial charge on any atom is -0.489 e. The Morgan fingerprint density at radius 2 is 1.90 bits per heavy atom. The molecule has 0 radical (unpaired) electrons. The molecule has 0 unspecified atom stereocenters. The van der Waals surface area contributed by atoms with E-state index in [1.807, 2.05) is 48.0 Å². The predicted octanol–water partition coefficient (Wildman–Crippen LogP) is 5.69. The van der Waals surface area contributed by atoms with Crippen LogP contribution in [0.3, 0.4) is 0 Å². The smallest absolute Gasteiger partial charge is 0.127 e. The quantitative estimate of drug-likeness (QED) is 0.485. The van der Waals surface area contributed by atoms with Crippen molar-refractivity contribution in [1.29, 1.82) is 0 Å². The van der Waals surface area contributed by atoms with Crippen molar-refractivity contribution >= 4 is 24.2 Å². The lowest BCUT2D eigenvalue weighted by atomic mass is 9.90. The highest BCUT2D eigenvalue weighted by Gasteiger charge is 2.34. The maximum absolute atomic E-state index is 14.3. The molecule has 1 aliphatic heterocycles. The number of aryl methyl sites for hydroxylation is 1. The SMILES string of the molecule is CSC1(c2cc(F)cc(OCc3ccc(-n4ccnc4C)cc3)c2)CCOCC1.Cl. The van der Waals surface area contributed by atoms with E-state index < -0.39 is 0 Å². The number of benzene rings is 2. The van der Waals surface area contributed by atoms with Crippen molar-refractivity contribution < 1.29 is 13.9 Å². The molecule has 0 aliphatic carbocycles. The first-order valence-corrected chi connectivity index (χ1v) is 11.0. The first-order valence-electron chi connectivity index (χ1n) is 9.76. The standard InChI is InChI=1S/C23H25FN2O2S.ClH/c1-17-25-9-10-26(17)21-5-3-18(4-6-21)16-28-22-14-19(13-20(24)15-22)23(29-2)7-11-27-12-8-23;/h3-6,9-10,13-15H,7-8,11-12,16H2,1-2H3;1H. The third-order valence-corrected chi connectivity index (χ3v) is 6.96. The summed E-state index contributed by atoms with van der Waals surface area (Å²) in [4.78, 5) is 4.25. The van der Waals surface area contributed by atoms with E-state index in [-0.39, 0.29) is 23.0 Å². The van der Waals surface area contributed by atoms with Gasteiger partial charge >= 0.3 is 0 Å². The summed E-state index contributed by atoms with van der Waals surface area (Å²) < 4.78 is 27.7. The van der Waals surface area contributed by atoms with Gasteiger partial charge in [0.15, 0.2) is 0 Å². The number of rotatable bonds is 6. The van der Waals surface area contributed by atoms with E-state index in [4.69, 9.17) is 9.47 Å². The predicted molar refractivity (Wildman–Crippen MR) is 122 cm³/mol. The van der Waals surface area contributed by atoms with Gasteiger partial charge in [-0.1, -0.05) is 12.1 Å². The van der Waals surface area contributed by atoms with E-state index in [1.54, 1.807) is 24.0 Å². The molecule has 4 rings (SSSR count). The molecule has 0 spiro atoms. The van der Waals surface area contributed by atoms with E-state index in [0.717, 1.165) is 35.5 Å². The first-order chi connectivity index (χ1) is 14.1. The van der Waals surface area contributed by atoms with Crippen LogP contribution in [0.5, 0.6) is 5.75 Å². The number of thioether (sulfide) groups is 1. The van der Waals surface area contributed by atoms with E-state index in [9.17, 15) is 4.39 Å². The van der Waals surface area contributed by atoms with Crippen molar-refractivity contribution in [2.75, 3.05) is 19.5 Å². The first kappa shape index (κ1) is 22.7. The van der Waals surface area contributed by atoms with Gasteiger partial charge in [-0.3, -0.25) is 0 Å². The van der Waals surface area contributed by atoms with Crippen LogP contribution in [0.25, 0.3) is 5.69 Å².